The lowest BCUT2D eigenvalue weighted by molar-refractivity contribution is -0.141. The van der Waals surface area contributed by atoms with Crippen LogP contribution in [0.3, 0.4) is 0 Å². The van der Waals surface area contributed by atoms with Gasteiger partial charge in [0.15, 0.2) is 5.17 Å². The number of carbonyl (C=O) groups excluding carboxylic acids is 2. The average Bonchev–Trinajstić information content (AvgIpc) is 3.57. The number of nitrogens with zero attached hydrogens (tertiary/aromatic N) is 2. The SMILES string of the molecule is COCCOC(=O)C1=C(C)N=C2SC=C(CC(=O)NCC3CC3)N2C1c1ccccc1OC. The number of allylic oxidation sites excluding steroid dienone is 1. The molecule has 1 aromatic rings. The summed E-state index contributed by atoms with van der Waals surface area (Å²) in [5.74, 6) is 0.753. The minimum absolute atomic E-state index is 0.0377. The second-order valence-electron chi connectivity index (χ2n) is 8.19. The van der Waals surface area contributed by atoms with E-state index >= 15 is 0 Å². The maximum atomic E-state index is 13.2. The smallest absolute Gasteiger partial charge is 0.338 e. The maximum absolute atomic E-state index is 13.2. The van der Waals surface area contributed by atoms with Crippen molar-refractivity contribution >= 4 is 28.8 Å². The minimum atomic E-state index is -0.527. The lowest BCUT2D eigenvalue weighted by Gasteiger charge is -2.36. The Morgan fingerprint density at radius 1 is 1.21 bits per heavy atom. The van der Waals surface area contributed by atoms with Crippen molar-refractivity contribution in [3.05, 3.63) is 52.2 Å². The molecule has 1 aromatic carbocycles. The first-order valence-corrected chi connectivity index (χ1v) is 11.9. The van der Waals surface area contributed by atoms with Crippen LogP contribution >= 0.6 is 11.8 Å². The van der Waals surface area contributed by atoms with Crippen LogP contribution in [0, 0.1) is 5.92 Å². The molecule has 0 radical (unpaired) electrons. The van der Waals surface area contributed by atoms with E-state index < -0.39 is 12.0 Å². The molecule has 0 spiro atoms. The third kappa shape index (κ3) is 5.25. The second-order valence-corrected chi connectivity index (χ2v) is 9.02. The Labute approximate surface area is 198 Å². The van der Waals surface area contributed by atoms with E-state index in [1.165, 1.54) is 24.6 Å². The fraction of sp³-hybridized carbons (Fsp3) is 0.458. The number of aliphatic imine (C=N–C) groups is 1. The molecule has 2 heterocycles. The van der Waals surface area contributed by atoms with Gasteiger partial charge in [0.2, 0.25) is 5.91 Å². The fourth-order valence-corrected chi connectivity index (χ4v) is 4.88. The summed E-state index contributed by atoms with van der Waals surface area (Å²) >= 11 is 1.45. The molecule has 0 saturated heterocycles. The summed E-state index contributed by atoms with van der Waals surface area (Å²) in [6.45, 7) is 2.97. The van der Waals surface area contributed by atoms with Crippen molar-refractivity contribution in [2.75, 3.05) is 34.0 Å². The van der Waals surface area contributed by atoms with Gasteiger partial charge in [-0.2, -0.15) is 0 Å². The van der Waals surface area contributed by atoms with Crippen molar-refractivity contribution < 1.29 is 23.8 Å². The third-order valence-electron chi connectivity index (χ3n) is 5.80. The van der Waals surface area contributed by atoms with Gasteiger partial charge < -0.3 is 24.4 Å². The van der Waals surface area contributed by atoms with Crippen LogP contribution in [0.4, 0.5) is 0 Å². The Morgan fingerprint density at radius 3 is 2.73 bits per heavy atom. The molecule has 1 amide bonds. The number of hydrogen-bond acceptors (Lipinski definition) is 8. The second kappa shape index (κ2) is 10.4. The van der Waals surface area contributed by atoms with Crippen LogP contribution in [-0.4, -0.2) is 55.9 Å². The summed E-state index contributed by atoms with van der Waals surface area (Å²) in [5, 5.41) is 5.68. The highest BCUT2D eigenvalue weighted by Gasteiger charge is 2.42. The van der Waals surface area contributed by atoms with Crippen molar-refractivity contribution in [2.24, 2.45) is 10.9 Å². The van der Waals surface area contributed by atoms with Gasteiger partial charge in [0.1, 0.15) is 12.4 Å². The molecule has 8 nitrogen and oxygen atoms in total. The van der Waals surface area contributed by atoms with Crippen LogP contribution in [0.25, 0.3) is 0 Å². The van der Waals surface area contributed by atoms with Gasteiger partial charge in [-0.3, -0.25) is 4.79 Å². The van der Waals surface area contributed by atoms with Gasteiger partial charge in [0, 0.05) is 24.9 Å². The number of para-hydroxylation sites is 1. The Kier molecular flexibility index (Phi) is 7.39. The molecule has 1 unspecified atom stereocenters. The Balaban J connectivity index is 1.66. The van der Waals surface area contributed by atoms with Crippen LogP contribution in [0.2, 0.25) is 0 Å². The predicted molar refractivity (Wildman–Crippen MR) is 127 cm³/mol. The van der Waals surface area contributed by atoms with E-state index in [4.69, 9.17) is 14.2 Å². The van der Waals surface area contributed by atoms with E-state index in [-0.39, 0.29) is 18.9 Å². The Bertz CT molecular complexity index is 1020. The normalized spacial score (nSPS) is 19.6. The largest absolute Gasteiger partial charge is 0.496 e. The van der Waals surface area contributed by atoms with Crippen molar-refractivity contribution in [3.63, 3.8) is 0 Å². The number of amides is 1. The zero-order valence-electron chi connectivity index (χ0n) is 19.1. The van der Waals surface area contributed by atoms with E-state index in [0.717, 1.165) is 16.4 Å². The molecule has 0 aromatic heterocycles. The van der Waals surface area contributed by atoms with Gasteiger partial charge in [-0.15, -0.1) is 0 Å². The van der Waals surface area contributed by atoms with Crippen molar-refractivity contribution in [1.82, 2.24) is 10.2 Å². The number of nitrogens with one attached hydrogen (secondary N) is 1. The summed E-state index contributed by atoms with van der Waals surface area (Å²) in [5.41, 5.74) is 2.60. The van der Waals surface area contributed by atoms with Gasteiger partial charge in [-0.05, 0) is 37.2 Å². The first kappa shape index (κ1) is 23.4. The Morgan fingerprint density at radius 2 is 2.00 bits per heavy atom. The molecule has 1 N–H and O–H groups in total. The number of esters is 1. The van der Waals surface area contributed by atoms with Crippen molar-refractivity contribution in [3.8, 4) is 5.75 Å². The van der Waals surface area contributed by atoms with Crippen LogP contribution in [-0.2, 0) is 19.1 Å². The Hall–Kier alpha value is -2.78. The van der Waals surface area contributed by atoms with Crippen LogP contribution < -0.4 is 10.1 Å². The molecule has 1 saturated carbocycles. The van der Waals surface area contributed by atoms with Crippen molar-refractivity contribution in [1.29, 1.82) is 0 Å². The zero-order chi connectivity index (χ0) is 23.4. The lowest BCUT2D eigenvalue weighted by Crippen LogP contribution is -2.38. The number of amidine groups is 1. The lowest BCUT2D eigenvalue weighted by atomic mass is 9.93. The van der Waals surface area contributed by atoms with E-state index in [9.17, 15) is 9.59 Å². The molecule has 4 rings (SSSR count). The van der Waals surface area contributed by atoms with Gasteiger partial charge in [-0.1, -0.05) is 30.0 Å². The van der Waals surface area contributed by atoms with Crippen molar-refractivity contribution in [2.45, 2.75) is 32.2 Å². The number of benzene rings is 1. The molecular formula is C24H29N3O5S. The molecule has 1 fully saturated rings. The molecule has 33 heavy (non-hydrogen) atoms. The van der Waals surface area contributed by atoms with Crippen LogP contribution in [0.1, 0.15) is 37.8 Å². The molecule has 9 heteroatoms. The highest BCUT2D eigenvalue weighted by molar-refractivity contribution is 8.16. The fourth-order valence-electron chi connectivity index (χ4n) is 3.92. The van der Waals surface area contributed by atoms with E-state index in [1.807, 2.05) is 34.6 Å². The van der Waals surface area contributed by atoms with Gasteiger partial charge in [0.25, 0.3) is 0 Å². The summed E-state index contributed by atoms with van der Waals surface area (Å²) in [6.07, 6.45) is 2.56. The monoisotopic (exact) mass is 471 g/mol. The maximum Gasteiger partial charge on any atom is 0.338 e. The number of hydrogen-bond donors (Lipinski definition) is 1. The quantitative estimate of drug-likeness (QED) is 0.413. The van der Waals surface area contributed by atoms with E-state index in [2.05, 4.69) is 10.3 Å². The molecule has 3 aliphatic rings. The van der Waals surface area contributed by atoms with E-state index in [1.54, 1.807) is 21.1 Å². The number of rotatable bonds is 10. The minimum Gasteiger partial charge on any atom is -0.496 e. The highest BCUT2D eigenvalue weighted by atomic mass is 32.2. The van der Waals surface area contributed by atoms with Crippen LogP contribution in [0.5, 0.6) is 5.75 Å². The predicted octanol–water partition coefficient (Wildman–Crippen LogP) is 3.38. The first-order chi connectivity index (χ1) is 16.0. The molecule has 0 bridgehead atoms. The molecule has 1 atom stereocenters. The van der Waals surface area contributed by atoms with Gasteiger partial charge >= 0.3 is 5.97 Å². The zero-order valence-corrected chi connectivity index (χ0v) is 19.9. The number of ether oxygens (including phenoxy) is 3. The summed E-state index contributed by atoms with van der Waals surface area (Å²) in [7, 11) is 3.16. The number of methoxy groups -OCH3 is 2. The number of fused-ring (bicyclic) bond motifs is 1. The molecule has 176 valence electrons. The summed E-state index contributed by atoms with van der Waals surface area (Å²) in [6, 6.07) is 7.05. The average molecular weight is 472 g/mol. The molecule has 2 aliphatic heterocycles. The van der Waals surface area contributed by atoms with Gasteiger partial charge in [0.05, 0.1) is 37.4 Å². The summed E-state index contributed by atoms with van der Waals surface area (Å²) in [4.78, 5) is 32.5. The molecule has 1 aliphatic carbocycles. The number of thioether (sulfide) groups is 1. The first-order valence-electron chi connectivity index (χ1n) is 11.0. The summed E-state index contributed by atoms with van der Waals surface area (Å²) < 4.78 is 16.1. The topological polar surface area (TPSA) is 89.5 Å². The third-order valence-corrected chi connectivity index (χ3v) is 6.69. The molecular weight excluding hydrogens is 442 g/mol. The van der Waals surface area contributed by atoms with E-state index in [0.29, 0.717) is 36.1 Å². The van der Waals surface area contributed by atoms with Gasteiger partial charge in [-0.25, -0.2) is 9.79 Å². The highest BCUT2D eigenvalue weighted by Crippen LogP contribution is 2.46. The standard InChI is InChI=1S/C24H29N3O5S/c1-15-21(23(29)32-11-10-30-2)22(18-6-4-5-7-19(18)31-3)27-17(14-33-24(27)26-15)12-20(28)25-13-16-8-9-16/h4-7,14,16,22H,8-13H2,1-3H3,(H,25,28). The number of carbonyl (C=O) groups is 2. The van der Waals surface area contributed by atoms with Crippen LogP contribution in [0.15, 0.2) is 51.6 Å².